The third kappa shape index (κ3) is 1.32. The average molecular weight is 223 g/mol. The van der Waals surface area contributed by atoms with Crippen molar-refractivity contribution >= 4 is 0 Å². The number of aliphatic hydroxyl groups is 1. The summed E-state index contributed by atoms with van der Waals surface area (Å²) >= 11 is 0. The third-order valence-corrected chi connectivity index (χ3v) is 6.08. The van der Waals surface area contributed by atoms with Gasteiger partial charge in [-0.25, -0.2) is 0 Å². The van der Waals surface area contributed by atoms with Gasteiger partial charge in [0.15, 0.2) is 0 Å². The van der Waals surface area contributed by atoms with E-state index in [1.165, 1.54) is 38.5 Å². The molecule has 2 heteroatoms. The Morgan fingerprint density at radius 3 is 1.88 bits per heavy atom. The molecule has 0 aliphatic heterocycles. The van der Waals surface area contributed by atoms with Gasteiger partial charge in [0.05, 0.1) is 6.61 Å². The molecule has 92 valence electrons. The number of aliphatic hydroxyl groups excluding tert-OH is 1. The highest BCUT2D eigenvalue weighted by Gasteiger charge is 2.57. The number of hydrogen-bond donors (Lipinski definition) is 2. The molecule has 4 rings (SSSR count). The first-order chi connectivity index (χ1) is 7.61. The zero-order valence-electron chi connectivity index (χ0n) is 10.6. The van der Waals surface area contributed by atoms with Crippen LogP contribution < -0.4 is 5.32 Å². The quantitative estimate of drug-likeness (QED) is 0.768. The van der Waals surface area contributed by atoms with E-state index in [9.17, 15) is 5.11 Å². The van der Waals surface area contributed by atoms with E-state index < -0.39 is 0 Å². The molecule has 0 aromatic rings. The van der Waals surface area contributed by atoms with Crippen molar-refractivity contribution in [3.05, 3.63) is 0 Å². The van der Waals surface area contributed by atoms with Crippen LogP contribution in [-0.2, 0) is 0 Å². The Labute approximate surface area is 98.8 Å². The molecule has 0 heterocycles. The summed E-state index contributed by atoms with van der Waals surface area (Å²) < 4.78 is 0. The summed E-state index contributed by atoms with van der Waals surface area (Å²) in [5.74, 6) is 2.89. The van der Waals surface area contributed by atoms with E-state index in [1.54, 1.807) is 0 Å². The van der Waals surface area contributed by atoms with Gasteiger partial charge in [-0.3, -0.25) is 0 Å². The molecule has 0 spiro atoms. The molecule has 1 atom stereocenters. The highest BCUT2D eigenvalue weighted by Crippen LogP contribution is 2.63. The molecule has 0 aromatic heterocycles. The SMILES string of the molecule is CNC(C)(CO)C12CC3CC(CC(C3)C1)C2. The first-order valence-corrected chi connectivity index (χ1v) is 6.90. The standard InChI is InChI=1S/C14H25NO/c1-13(9-16,15-2)14-6-10-3-11(7-14)5-12(4-10)8-14/h10-12,15-16H,3-9H2,1-2H3. The lowest BCUT2D eigenvalue weighted by Crippen LogP contribution is -2.63. The zero-order valence-corrected chi connectivity index (χ0v) is 10.6. The van der Waals surface area contributed by atoms with Crippen LogP contribution in [0.25, 0.3) is 0 Å². The van der Waals surface area contributed by atoms with Gasteiger partial charge in [-0.05, 0) is 75.7 Å². The van der Waals surface area contributed by atoms with Gasteiger partial charge in [0.25, 0.3) is 0 Å². The van der Waals surface area contributed by atoms with Gasteiger partial charge in [-0.1, -0.05) is 0 Å². The minimum Gasteiger partial charge on any atom is -0.394 e. The topological polar surface area (TPSA) is 32.3 Å². The maximum Gasteiger partial charge on any atom is 0.0615 e. The predicted octanol–water partition coefficient (Wildman–Crippen LogP) is 2.17. The molecule has 4 saturated carbocycles. The van der Waals surface area contributed by atoms with Crippen LogP contribution in [0.1, 0.15) is 45.4 Å². The number of rotatable bonds is 3. The normalized spacial score (nSPS) is 49.3. The van der Waals surface area contributed by atoms with Gasteiger partial charge >= 0.3 is 0 Å². The van der Waals surface area contributed by atoms with Gasteiger partial charge in [0.1, 0.15) is 0 Å². The Kier molecular flexibility index (Phi) is 2.38. The summed E-state index contributed by atoms with van der Waals surface area (Å²) in [6.45, 7) is 2.52. The van der Waals surface area contributed by atoms with E-state index in [0.717, 1.165) is 17.8 Å². The molecular formula is C14H25NO. The molecule has 0 amide bonds. The zero-order chi connectivity index (χ0) is 11.4. The highest BCUT2D eigenvalue weighted by atomic mass is 16.3. The van der Waals surface area contributed by atoms with Crippen molar-refractivity contribution < 1.29 is 5.11 Å². The fourth-order valence-electron chi connectivity index (χ4n) is 5.30. The summed E-state index contributed by atoms with van der Waals surface area (Å²) in [7, 11) is 2.02. The van der Waals surface area contributed by atoms with Crippen LogP contribution in [0.5, 0.6) is 0 Å². The molecule has 16 heavy (non-hydrogen) atoms. The lowest BCUT2D eigenvalue weighted by molar-refractivity contribution is -0.114. The maximum atomic E-state index is 9.78. The van der Waals surface area contributed by atoms with E-state index in [-0.39, 0.29) is 12.1 Å². The molecule has 2 nitrogen and oxygen atoms in total. The summed E-state index contributed by atoms with van der Waals surface area (Å²) in [6, 6.07) is 0. The summed E-state index contributed by atoms with van der Waals surface area (Å²) in [4.78, 5) is 0. The summed E-state index contributed by atoms with van der Waals surface area (Å²) in [5.41, 5.74) is 0.342. The molecule has 4 aliphatic carbocycles. The van der Waals surface area contributed by atoms with Crippen LogP contribution in [0, 0.1) is 23.2 Å². The van der Waals surface area contributed by atoms with Gasteiger partial charge in [0.2, 0.25) is 0 Å². The van der Waals surface area contributed by atoms with Crippen LogP contribution in [0.3, 0.4) is 0 Å². The maximum absolute atomic E-state index is 9.78. The molecule has 4 fully saturated rings. The number of nitrogens with one attached hydrogen (secondary N) is 1. The van der Waals surface area contributed by atoms with Crippen LogP contribution in [0.15, 0.2) is 0 Å². The highest BCUT2D eigenvalue weighted by molar-refractivity contribution is 5.11. The molecule has 4 bridgehead atoms. The third-order valence-electron chi connectivity index (χ3n) is 6.08. The second-order valence-electron chi connectivity index (χ2n) is 6.94. The van der Waals surface area contributed by atoms with Gasteiger partial charge in [-0.15, -0.1) is 0 Å². The van der Waals surface area contributed by atoms with E-state index in [4.69, 9.17) is 0 Å². The van der Waals surface area contributed by atoms with Crippen LogP contribution >= 0.6 is 0 Å². The summed E-state index contributed by atoms with van der Waals surface area (Å²) in [6.07, 6.45) is 8.50. The van der Waals surface area contributed by atoms with Crippen molar-refractivity contribution in [3.8, 4) is 0 Å². The Bertz CT molecular complexity index is 247. The Hall–Kier alpha value is -0.0800. The van der Waals surface area contributed by atoms with Crippen LogP contribution in [0.2, 0.25) is 0 Å². The Balaban J connectivity index is 1.93. The fourth-order valence-corrected chi connectivity index (χ4v) is 5.30. The minimum absolute atomic E-state index is 0.0526. The molecule has 0 radical (unpaired) electrons. The Morgan fingerprint density at radius 1 is 1.12 bits per heavy atom. The largest absolute Gasteiger partial charge is 0.394 e. The van der Waals surface area contributed by atoms with Crippen molar-refractivity contribution in [1.82, 2.24) is 5.32 Å². The molecular weight excluding hydrogens is 198 g/mol. The second kappa shape index (κ2) is 3.46. The molecule has 1 unspecified atom stereocenters. The first kappa shape index (κ1) is 11.0. The van der Waals surface area contributed by atoms with Crippen molar-refractivity contribution in [2.24, 2.45) is 23.2 Å². The van der Waals surface area contributed by atoms with Gasteiger partial charge in [0, 0.05) is 5.54 Å². The monoisotopic (exact) mass is 223 g/mol. The fraction of sp³-hybridized carbons (Fsp3) is 1.00. The smallest absolute Gasteiger partial charge is 0.0615 e. The van der Waals surface area contributed by atoms with Gasteiger partial charge < -0.3 is 10.4 Å². The van der Waals surface area contributed by atoms with Crippen molar-refractivity contribution in [3.63, 3.8) is 0 Å². The molecule has 0 aromatic carbocycles. The van der Waals surface area contributed by atoms with Crippen molar-refractivity contribution in [2.45, 2.75) is 51.0 Å². The van der Waals surface area contributed by atoms with Crippen molar-refractivity contribution in [2.75, 3.05) is 13.7 Å². The molecule has 4 aliphatic rings. The van der Waals surface area contributed by atoms with E-state index in [0.29, 0.717) is 5.41 Å². The molecule has 0 saturated heterocycles. The summed E-state index contributed by atoms with van der Waals surface area (Å²) in [5, 5.41) is 13.2. The first-order valence-electron chi connectivity index (χ1n) is 6.90. The van der Waals surface area contributed by atoms with E-state index >= 15 is 0 Å². The second-order valence-corrected chi connectivity index (χ2v) is 6.94. The number of likely N-dealkylation sites (N-methyl/N-ethyl adjacent to an activating group) is 1. The van der Waals surface area contributed by atoms with E-state index in [1.807, 2.05) is 7.05 Å². The molecule has 2 N–H and O–H groups in total. The lowest BCUT2D eigenvalue weighted by Gasteiger charge is -2.62. The van der Waals surface area contributed by atoms with Gasteiger partial charge in [-0.2, -0.15) is 0 Å². The minimum atomic E-state index is -0.0526. The average Bonchev–Trinajstić information content (AvgIpc) is 2.26. The van der Waals surface area contributed by atoms with Crippen LogP contribution in [0.4, 0.5) is 0 Å². The van der Waals surface area contributed by atoms with Crippen molar-refractivity contribution in [1.29, 1.82) is 0 Å². The Morgan fingerprint density at radius 2 is 1.56 bits per heavy atom. The lowest BCUT2D eigenvalue weighted by atomic mass is 9.45. The van der Waals surface area contributed by atoms with Crippen LogP contribution in [-0.4, -0.2) is 24.3 Å². The predicted molar refractivity (Wildman–Crippen MR) is 65.2 cm³/mol. The number of hydrogen-bond acceptors (Lipinski definition) is 2. The van der Waals surface area contributed by atoms with E-state index in [2.05, 4.69) is 12.2 Å².